The fraction of sp³-hybridized carbons (Fsp3) is 0.944. The van der Waals surface area contributed by atoms with E-state index in [-0.39, 0.29) is 28.8 Å². The molecule has 1 rings (SSSR count). The van der Waals surface area contributed by atoms with Gasteiger partial charge in [-0.15, -0.1) is 0 Å². The summed E-state index contributed by atoms with van der Waals surface area (Å²) in [6.07, 6.45) is 0.0566. The fourth-order valence-electron chi connectivity index (χ4n) is 4.08. The van der Waals surface area contributed by atoms with Crippen LogP contribution in [0.25, 0.3) is 0 Å². The largest absolute Gasteiger partial charge is 0.337 e. The Morgan fingerprint density at radius 1 is 1.19 bits per heavy atom. The van der Waals surface area contributed by atoms with Gasteiger partial charge in [-0.3, -0.25) is 4.79 Å². The third-order valence-electron chi connectivity index (χ3n) is 4.97. The first-order chi connectivity index (χ1) is 9.26. The predicted octanol–water partition coefficient (Wildman–Crippen LogP) is 4.82. The molecule has 21 heavy (non-hydrogen) atoms. The average molecular weight is 299 g/mol. The second-order valence-electron chi connectivity index (χ2n) is 9.16. The highest BCUT2D eigenvalue weighted by Gasteiger charge is 2.67. The second kappa shape index (κ2) is 5.55. The number of carbonyl (C=O) groups is 1. The molecule has 2 atom stereocenters. The van der Waals surface area contributed by atoms with Crippen LogP contribution in [0.5, 0.6) is 0 Å². The van der Waals surface area contributed by atoms with Gasteiger partial charge in [0, 0.05) is 12.1 Å². The summed E-state index contributed by atoms with van der Waals surface area (Å²) in [7, 11) is 0. The summed E-state index contributed by atoms with van der Waals surface area (Å²) < 4.78 is 14.8. The Hall–Kier alpha value is -0.600. The van der Waals surface area contributed by atoms with E-state index in [0.29, 0.717) is 12.8 Å². The van der Waals surface area contributed by atoms with Gasteiger partial charge in [-0.2, -0.15) is 0 Å². The van der Waals surface area contributed by atoms with Gasteiger partial charge in [0.25, 0.3) is 0 Å². The van der Waals surface area contributed by atoms with E-state index in [1.807, 2.05) is 46.4 Å². The molecule has 3 heteroatoms. The van der Waals surface area contributed by atoms with Crippen LogP contribution in [0.1, 0.15) is 75.2 Å². The number of hydrogen-bond donors (Lipinski definition) is 0. The van der Waals surface area contributed by atoms with Crippen molar-refractivity contribution >= 4 is 5.91 Å². The molecule has 0 aromatic heterocycles. The van der Waals surface area contributed by atoms with Crippen LogP contribution in [0, 0.1) is 16.2 Å². The summed E-state index contributed by atoms with van der Waals surface area (Å²) in [4.78, 5) is 15.2. The molecule has 0 bridgehead atoms. The van der Waals surface area contributed by atoms with Crippen LogP contribution in [0.2, 0.25) is 0 Å². The molecule has 2 unspecified atom stereocenters. The van der Waals surface area contributed by atoms with Crippen molar-refractivity contribution in [1.29, 1.82) is 0 Å². The van der Waals surface area contributed by atoms with Crippen LogP contribution < -0.4 is 0 Å². The molecule has 1 aliphatic rings. The molecular weight excluding hydrogens is 265 g/mol. The van der Waals surface area contributed by atoms with Gasteiger partial charge < -0.3 is 4.90 Å². The van der Waals surface area contributed by atoms with E-state index in [1.54, 1.807) is 0 Å². The van der Waals surface area contributed by atoms with E-state index >= 15 is 0 Å². The first-order valence-electron chi connectivity index (χ1n) is 8.23. The summed E-state index contributed by atoms with van der Waals surface area (Å²) in [5.74, 6) is 0.00572. The summed E-state index contributed by atoms with van der Waals surface area (Å²) in [5, 5.41) is 0. The Labute approximate surface area is 130 Å². The van der Waals surface area contributed by atoms with Crippen LogP contribution in [0.4, 0.5) is 4.39 Å². The maximum absolute atomic E-state index is 14.8. The first-order valence-corrected chi connectivity index (χ1v) is 8.23. The van der Waals surface area contributed by atoms with Crippen molar-refractivity contribution in [3.05, 3.63) is 0 Å². The predicted molar refractivity (Wildman–Crippen MR) is 86.9 cm³/mol. The number of hydrogen-bond acceptors (Lipinski definition) is 1. The Balaban J connectivity index is 3.29. The number of alkyl halides is 1. The molecule has 0 radical (unpaired) electrons. The van der Waals surface area contributed by atoms with Gasteiger partial charge in [0.05, 0.1) is 5.41 Å². The Kier molecular flexibility index (Phi) is 4.88. The first kappa shape index (κ1) is 18.4. The monoisotopic (exact) mass is 299 g/mol. The SMILES string of the molecule is CC(C)N(C(=O)C1(CC(C)(C)C)C(F)CC1(C)C)C(C)C. The van der Waals surface area contributed by atoms with Crippen LogP contribution in [-0.2, 0) is 4.79 Å². The quantitative estimate of drug-likeness (QED) is 0.728. The molecule has 1 aliphatic carbocycles. The lowest BCUT2D eigenvalue weighted by atomic mass is 9.45. The van der Waals surface area contributed by atoms with Crippen LogP contribution in [0.15, 0.2) is 0 Å². The summed E-state index contributed by atoms with van der Waals surface area (Å²) in [6.45, 7) is 18.4. The normalized spacial score (nSPS) is 28.7. The molecule has 0 saturated heterocycles. The van der Waals surface area contributed by atoms with Gasteiger partial charge in [0.1, 0.15) is 6.17 Å². The summed E-state index contributed by atoms with van der Waals surface area (Å²) in [5.41, 5.74) is -1.23. The van der Waals surface area contributed by atoms with Crippen LogP contribution in [0.3, 0.4) is 0 Å². The molecule has 0 heterocycles. The highest BCUT2D eigenvalue weighted by Crippen LogP contribution is 2.63. The molecular formula is C18H34FNO. The Bertz CT molecular complexity index is 387. The van der Waals surface area contributed by atoms with Crippen LogP contribution >= 0.6 is 0 Å². The lowest BCUT2D eigenvalue weighted by Gasteiger charge is -2.61. The zero-order valence-corrected chi connectivity index (χ0v) is 15.4. The van der Waals surface area contributed by atoms with Gasteiger partial charge in [-0.25, -0.2) is 4.39 Å². The second-order valence-corrected chi connectivity index (χ2v) is 9.16. The molecule has 0 aromatic carbocycles. The minimum Gasteiger partial charge on any atom is -0.337 e. The van der Waals surface area contributed by atoms with Crippen molar-refractivity contribution in [3.63, 3.8) is 0 Å². The maximum atomic E-state index is 14.8. The van der Waals surface area contributed by atoms with E-state index in [2.05, 4.69) is 20.8 Å². The van der Waals surface area contributed by atoms with Gasteiger partial charge in [-0.05, 0) is 51.4 Å². The third kappa shape index (κ3) is 3.12. The minimum atomic E-state index is -1.03. The average Bonchev–Trinajstić information content (AvgIpc) is 2.22. The molecule has 0 aromatic rings. The highest BCUT2D eigenvalue weighted by atomic mass is 19.1. The number of amides is 1. The third-order valence-corrected chi connectivity index (χ3v) is 4.97. The molecule has 1 amide bonds. The van der Waals surface area contributed by atoms with Crippen molar-refractivity contribution in [2.75, 3.05) is 0 Å². The van der Waals surface area contributed by atoms with E-state index in [0.717, 1.165) is 0 Å². The van der Waals surface area contributed by atoms with E-state index in [9.17, 15) is 9.18 Å². The number of carbonyl (C=O) groups excluding carboxylic acids is 1. The molecule has 124 valence electrons. The lowest BCUT2D eigenvalue weighted by Crippen LogP contribution is -2.67. The van der Waals surface area contributed by atoms with Gasteiger partial charge in [0.2, 0.25) is 5.91 Å². The van der Waals surface area contributed by atoms with Crippen molar-refractivity contribution in [3.8, 4) is 0 Å². The van der Waals surface area contributed by atoms with Crippen molar-refractivity contribution in [2.24, 2.45) is 16.2 Å². The highest BCUT2D eigenvalue weighted by molar-refractivity contribution is 5.86. The number of rotatable bonds is 4. The minimum absolute atomic E-state index is 0.00572. The zero-order chi connectivity index (χ0) is 16.8. The van der Waals surface area contributed by atoms with Crippen molar-refractivity contribution in [2.45, 2.75) is 93.4 Å². The molecule has 2 nitrogen and oxygen atoms in total. The standard InChI is InChI=1S/C18H34FNO/c1-12(2)20(13(3)4)15(21)18(11-16(5,6)7)14(19)10-17(18,8)9/h12-14H,10-11H2,1-9H3. The van der Waals surface area contributed by atoms with Crippen LogP contribution in [-0.4, -0.2) is 29.1 Å². The molecule has 1 saturated carbocycles. The molecule has 0 spiro atoms. The van der Waals surface area contributed by atoms with Gasteiger partial charge in [0.15, 0.2) is 0 Å². The fourth-order valence-corrected chi connectivity index (χ4v) is 4.08. The smallest absolute Gasteiger partial charge is 0.232 e. The van der Waals surface area contributed by atoms with E-state index in [1.165, 1.54) is 0 Å². The number of nitrogens with zero attached hydrogens (tertiary/aromatic N) is 1. The summed E-state index contributed by atoms with van der Waals surface area (Å²) >= 11 is 0. The molecule has 1 fully saturated rings. The zero-order valence-electron chi connectivity index (χ0n) is 15.4. The maximum Gasteiger partial charge on any atom is 0.232 e. The van der Waals surface area contributed by atoms with E-state index in [4.69, 9.17) is 0 Å². The van der Waals surface area contributed by atoms with E-state index < -0.39 is 11.6 Å². The van der Waals surface area contributed by atoms with Crippen molar-refractivity contribution < 1.29 is 9.18 Å². The Morgan fingerprint density at radius 3 is 1.86 bits per heavy atom. The van der Waals surface area contributed by atoms with Gasteiger partial charge >= 0.3 is 0 Å². The number of halogens is 1. The lowest BCUT2D eigenvalue weighted by molar-refractivity contribution is -0.195. The van der Waals surface area contributed by atoms with Crippen molar-refractivity contribution in [1.82, 2.24) is 4.90 Å². The molecule has 0 aliphatic heterocycles. The summed E-state index contributed by atoms with van der Waals surface area (Å²) in [6, 6.07) is 0.191. The molecule has 0 N–H and O–H groups in total. The Morgan fingerprint density at radius 2 is 1.62 bits per heavy atom. The van der Waals surface area contributed by atoms with Gasteiger partial charge in [-0.1, -0.05) is 34.6 Å². The topological polar surface area (TPSA) is 20.3 Å².